The van der Waals surface area contributed by atoms with Crippen molar-refractivity contribution >= 4 is 42.5 Å². The van der Waals surface area contributed by atoms with Gasteiger partial charge in [-0.15, -0.1) is 0 Å². The number of hydrogen-bond acceptors (Lipinski definition) is 5. The van der Waals surface area contributed by atoms with Gasteiger partial charge in [-0.1, -0.05) is 91.0 Å². The third-order valence-electron chi connectivity index (χ3n) is 4.03. The standard InChI is InChI=1S/C18H17O5Si3/c19-25(17-12-6-2-7-13-17)21-24(16-10-4-1-5-11-16)22-26(20,23-25)18-14-8-3-9-15-18/h1-15,19-20H. The summed E-state index contributed by atoms with van der Waals surface area (Å²) in [6.07, 6.45) is 0. The first kappa shape index (κ1) is 17.5. The molecule has 0 amide bonds. The molecule has 1 heterocycles. The quantitative estimate of drug-likeness (QED) is 0.615. The molecule has 1 fully saturated rings. The van der Waals surface area contributed by atoms with Crippen molar-refractivity contribution in [2.24, 2.45) is 0 Å². The third kappa shape index (κ3) is 3.37. The lowest BCUT2D eigenvalue weighted by molar-refractivity contribution is 0.142. The minimum absolute atomic E-state index is 0.545. The van der Waals surface area contributed by atoms with E-state index in [1.807, 2.05) is 42.5 Å². The predicted molar refractivity (Wildman–Crippen MR) is 103 cm³/mol. The number of hydrogen-bond donors (Lipinski definition) is 2. The first-order chi connectivity index (χ1) is 12.6. The van der Waals surface area contributed by atoms with Gasteiger partial charge < -0.3 is 21.9 Å². The van der Waals surface area contributed by atoms with Crippen molar-refractivity contribution in [2.45, 2.75) is 0 Å². The second kappa shape index (κ2) is 7.02. The normalized spacial score (nSPS) is 26.5. The maximum absolute atomic E-state index is 11.3. The summed E-state index contributed by atoms with van der Waals surface area (Å²) in [4.78, 5) is 22.6. The second-order valence-corrected chi connectivity index (χ2v) is 12.9. The first-order valence-electron chi connectivity index (χ1n) is 8.15. The summed E-state index contributed by atoms with van der Waals surface area (Å²) in [5, 5.41) is 1.90. The molecule has 3 aromatic rings. The van der Waals surface area contributed by atoms with Gasteiger partial charge in [-0.2, -0.15) is 0 Å². The lowest BCUT2D eigenvalue weighted by Crippen LogP contribution is -2.75. The highest BCUT2D eigenvalue weighted by Crippen LogP contribution is 2.22. The molecule has 26 heavy (non-hydrogen) atoms. The van der Waals surface area contributed by atoms with Crippen molar-refractivity contribution in [3.05, 3.63) is 91.0 Å². The van der Waals surface area contributed by atoms with Crippen molar-refractivity contribution in [3.63, 3.8) is 0 Å². The minimum Gasteiger partial charge on any atom is -0.387 e. The van der Waals surface area contributed by atoms with Crippen LogP contribution < -0.4 is 15.6 Å². The monoisotopic (exact) mass is 397 g/mol. The average Bonchev–Trinajstić information content (AvgIpc) is 2.69. The Balaban J connectivity index is 1.79. The molecule has 2 unspecified atom stereocenters. The molecule has 1 aliphatic heterocycles. The molecule has 3 aromatic carbocycles. The largest absolute Gasteiger partial charge is 0.518 e. The van der Waals surface area contributed by atoms with Crippen LogP contribution in [0.4, 0.5) is 0 Å². The zero-order valence-corrected chi connectivity index (χ0v) is 16.8. The fraction of sp³-hybridized carbons (Fsp3) is 0. The van der Waals surface area contributed by atoms with Gasteiger partial charge in [0, 0.05) is 10.4 Å². The van der Waals surface area contributed by atoms with Gasteiger partial charge in [0.1, 0.15) is 0 Å². The molecule has 1 radical (unpaired) electrons. The second-order valence-electron chi connectivity index (χ2n) is 5.86. The maximum Gasteiger partial charge on any atom is 0.518 e. The molecule has 5 nitrogen and oxygen atoms in total. The van der Waals surface area contributed by atoms with E-state index >= 15 is 0 Å². The fourth-order valence-electron chi connectivity index (χ4n) is 2.73. The van der Waals surface area contributed by atoms with Gasteiger partial charge in [-0.3, -0.25) is 0 Å². The number of rotatable bonds is 3. The van der Waals surface area contributed by atoms with Crippen LogP contribution in [0.2, 0.25) is 0 Å². The molecule has 2 N–H and O–H groups in total. The SMILES string of the molecule is O[Si]1(c2ccccc2)O[Si](c2ccccc2)O[Si](O)(c2ccccc2)O1. The van der Waals surface area contributed by atoms with E-state index in [0.29, 0.717) is 10.4 Å². The highest BCUT2D eigenvalue weighted by atomic mass is 28.5. The van der Waals surface area contributed by atoms with Crippen molar-refractivity contribution < 1.29 is 21.9 Å². The zero-order chi connectivity index (χ0) is 18.0. The Labute approximate surface area is 155 Å². The van der Waals surface area contributed by atoms with Crippen LogP contribution >= 0.6 is 0 Å². The molecule has 0 bridgehead atoms. The van der Waals surface area contributed by atoms with Crippen LogP contribution in [0.25, 0.3) is 0 Å². The summed E-state index contributed by atoms with van der Waals surface area (Å²) in [6, 6.07) is 27.3. The van der Waals surface area contributed by atoms with Gasteiger partial charge >= 0.3 is 26.9 Å². The summed E-state index contributed by atoms with van der Waals surface area (Å²) in [5.74, 6) is 0. The van der Waals surface area contributed by atoms with E-state index in [-0.39, 0.29) is 0 Å². The third-order valence-corrected chi connectivity index (χ3v) is 12.9. The van der Waals surface area contributed by atoms with E-state index in [9.17, 15) is 9.59 Å². The molecule has 131 valence electrons. The van der Waals surface area contributed by atoms with Crippen LogP contribution in [0, 0.1) is 0 Å². The van der Waals surface area contributed by atoms with Crippen LogP contribution in [0.1, 0.15) is 0 Å². The predicted octanol–water partition coefficient (Wildman–Crippen LogP) is 0.122. The molecule has 1 saturated heterocycles. The Bertz CT molecular complexity index is 814. The van der Waals surface area contributed by atoms with Crippen molar-refractivity contribution in [3.8, 4) is 0 Å². The van der Waals surface area contributed by atoms with Crippen molar-refractivity contribution in [1.82, 2.24) is 0 Å². The Kier molecular flexibility index (Phi) is 4.73. The van der Waals surface area contributed by atoms with E-state index in [1.165, 1.54) is 0 Å². The first-order valence-corrected chi connectivity index (χ1v) is 13.0. The molecule has 2 atom stereocenters. The van der Waals surface area contributed by atoms with Gasteiger partial charge in [0.05, 0.1) is 0 Å². The van der Waals surface area contributed by atoms with Gasteiger partial charge in [-0.05, 0) is 5.19 Å². The lowest BCUT2D eigenvalue weighted by Gasteiger charge is -2.41. The molecule has 8 heteroatoms. The summed E-state index contributed by atoms with van der Waals surface area (Å²) in [7, 11) is -9.82. The molecule has 0 aliphatic carbocycles. The fourth-order valence-corrected chi connectivity index (χ4v) is 12.4. The van der Waals surface area contributed by atoms with Crippen LogP contribution in [0.5, 0.6) is 0 Å². The van der Waals surface area contributed by atoms with E-state index in [0.717, 1.165) is 5.19 Å². The van der Waals surface area contributed by atoms with Crippen molar-refractivity contribution in [2.75, 3.05) is 0 Å². The van der Waals surface area contributed by atoms with E-state index in [2.05, 4.69) is 0 Å². The Morgan fingerprint density at radius 2 is 0.962 bits per heavy atom. The topological polar surface area (TPSA) is 68.2 Å². The summed E-state index contributed by atoms with van der Waals surface area (Å²) < 4.78 is 17.8. The average molecular weight is 398 g/mol. The van der Waals surface area contributed by atoms with E-state index in [4.69, 9.17) is 12.3 Å². The Hall–Kier alpha value is -1.89. The van der Waals surface area contributed by atoms with Gasteiger partial charge in [0.15, 0.2) is 0 Å². The molecule has 0 spiro atoms. The lowest BCUT2D eigenvalue weighted by atomic mass is 10.4. The van der Waals surface area contributed by atoms with Crippen LogP contribution in [0.3, 0.4) is 0 Å². The smallest absolute Gasteiger partial charge is 0.387 e. The van der Waals surface area contributed by atoms with Gasteiger partial charge in [0.25, 0.3) is 0 Å². The molecule has 4 rings (SSSR count). The molecular weight excluding hydrogens is 380 g/mol. The van der Waals surface area contributed by atoms with Crippen LogP contribution in [-0.4, -0.2) is 36.5 Å². The Morgan fingerprint density at radius 3 is 1.38 bits per heavy atom. The van der Waals surface area contributed by atoms with E-state index < -0.39 is 26.9 Å². The summed E-state index contributed by atoms with van der Waals surface area (Å²) in [5.41, 5.74) is 0. The minimum atomic E-state index is -3.84. The number of benzene rings is 3. The maximum atomic E-state index is 11.3. The van der Waals surface area contributed by atoms with Crippen LogP contribution in [-0.2, 0) is 12.3 Å². The summed E-state index contributed by atoms with van der Waals surface area (Å²) >= 11 is 0. The van der Waals surface area contributed by atoms with Crippen molar-refractivity contribution in [1.29, 1.82) is 0 Å². The highest BCUT2D eigenvalue weighted by Gasteiger charge is 2.60. The molecule has 0 aromatic heterocycles. The molecular formula is C18H17O5Si3. The summed E-state index contributed by atoms with van der Waals surface area (Å²) in [6.45, 7) is 0. The van der Waals surface area contributed by atoms with Gasteiger partial charge in [-0.25, -0.2) is 0 Å². The van der Waals surface area contributed by atoms with E-state index in [1.54, 1.807) is 48.5 Å². The zero-order valence-electron chi connectivity index (χ0n) is 13.8. The van der Waals surface area contributed by atoms with Gasteiger partial charge in [0.2, 0.25) is 0 Å². The van der Waals surface area contributed by atoms with Crippen LogP contribution in [0.15, 0.2) is 91.0 Å². The Morgan fingerprint density at radius 1 is 0.577 bits per heavy atom. The molecule has 0 saturated carbocycles. The highest BCUT2D eigenvalue weighted by molar-refractivity contribution is 6.96. The molecule has 1 aliphatic rings.